The summed E-state index contributed by atoms with van der Waals surface area (Å²) in [6, 6.07) is 20.2. The van der Waals surface area contributed by atoms with E-state index in [1.807, 2.05) is 42.5 Å². The lowest BCUT2D eigenvalue weighted by Gasteiger charge is -2.09. The van der Waals surface area contributed by atoms with Gasteiger partial charge in [-0.05, 0) is 47.5 Å². The van der Waals surface area contributed by atoms with Crippen molar-refractivity contribution < 1.29 is 4.74 Å². The standard InChI is InChI=1S/C18H16N2O/c1-21-18-7-3-5-15(13-18)14-4-2-6-17(12-14)20-16-8-10-19-11-9-16/h2-13H,1H3,(H,19,20). The second-order valence-electron chi connectivity index (χ2n) is 4.67. The van der Waals surface area contributed by atoms with Crippen molar-refractivity contribution in [1.29, 1.82) is 0 Å². The van der Waals surface area contributed by atoms with Gasteiger partial charge in [-0.15, -0.1) is 0 Å². The molecule has 0 saturated heterocycles. The van der Waals surface area contributed by atoms with Gasteiger partial charge in [0.15, 0.2) is 0 Å². The topological polar surface area (TPSA) is 34.1 Å². The molecule has 2 aromatic carbocycles. The monoisotopic (exact) mass is 276 g/mol. The van der Waals surface area contributed by atoms with E-state index in [0.29, 0.717) is 0 Å². The minimum atomic E-state index is 0.861. The molecule has 1 heterocycles. The van der Waals surface area contributed by atoms with E-state index in [-0.39, 0.29) is 0 Å². The van der Waals surface area contributed by atoms with Crippen LogP contribution in [0, 0.1) is 0 Å². The highest BCUT2D eigenvalue weighted by Crippen LogP contribution is 2.27. The van der Waals surface area contributed by atoms with Crippen LogP contribution in [0.15, 0.2) is 73.1 Å². The molecule has 3 aromatic rings. The zero-order chi connectivity index (χ0) is 14.5. The maximum atomic E-state index is 5.28. The molecule has 0 amide bonds. The Bertz CT molecular complexity index is 726. The van der Waals surface area contributed by atoms with E-state index < -0.39 is 0 Å². The third-order valence-corrected chi connectivity index (χ3v) is 3.23. The third-order valence-electron chi connectivity index (χ3n) is 3.23. The first-order valence-corrected chi connectivity index (χ1v) is 6.77. The largest absolute Gasteiger partial charge is 0.497 e. The van der Waals surface area contributed by atoms with Crippen LogP contribution in [0.4, 0.5) is 11.4 Å². The molecule has 0 radical (unpaired) electrons. The van der Waals surface area contributed by atoms with Crippen LogP contribution < -0.4 is 10.1 Å². The van der Waals surface area contributed by atoms with Gasteiger partial charge in [-0.25, -0.2) is 0 Å². The van der Waals surface area contributed by atoms with Crippen LogP contribution in [0.3, 0.4) is 0 Å². The molecule has 21 heavy (non-hydrogen) atoms. The van der Waals surface area contributed by atoms with Crippen LogP contribution >= 0.6 is 0 Å². The first-order valence-electron chi connectivity index (χ1n) is 6.77. The Labute approximate surface area is 124 Å². The Morgan fingerprint density at radius 3 is 2.29 bits per heavy atom. The second kappa shape index (κ2) is 6.09. The van der Waals surface area contributed by atoms with Gasteiger partial charge >= 0.3 is 0 Å². The average Bonchev–Trinajstić information content (AvgIpc) is 2.56. The van der Waals surface area contributed by atoms with Crippen molar-refractivity contribution in [2.75, 3.05) is 12.4 Å². The van der Waals surface area contributed by atoms with Crippen LogP contribution in [0.1, 0.15) is 0 Å². The fraction of sp³-hybridized carbons (Fsp3) is 0.0556. The molecule has 0 saturated carbocycles. The van der Waals surface area contributed by atoms with E-state index in [2.05, 4.69) is 28.5 Å². The highest BCUT2D eigenvalue weighted by Gasteiger charge is 2.01. The lowest BCUT2D eigenvalue weighted by Crippen LogP contribution is -1.90. The van der Waals surface area contributed by atoms with Gasteiger partial charge in [0.25, 0.3) is 0 Å². The molecule has 0 atom stereocenters. The Balaban J connectivity index is 1.89. The maximum absolute atomic E-state index is 5.28. The van der Waals surface area contributed by atoms with E-state index in [4.69, 9.17) is 4.74 Å². The van der Waals surface area contributed by atoms with Crippen LogP contribution in [-0.4, -0.2) is 12.1 Å². The molecule has 0 aliphatic heterocycles. The van der Waals surface area contributed by atoms with Crippen molar-refractivity contribution in [1.82, 2.24) is 4.98 Å². The molecule has 0 aliphatic carbocycles. The van der Waals surface area contributed by atoms with Gasteiger partial charge in [0.05, 0.1) is 7.11 Å². The molecule has 3 nitrogen and oxygen atoms in total. The van der Waals surface area contributed by atoms with E-state index in [0.717, 1.165) is 28.3 Å². The van der Waals surface area contributed by atoms with Gasteiger partial charge in [-0.1, -0.05) is 24.3 Å². The molecule has 0 fully saturated rings. The molecule has 3 rings (SSSR count). The number of ether oxygens (including phenoxy) is 1. The highest BCUT2D eigenvalue weighted by molar-refractivity contribution is 5.71. The molecule has 0 unspecified atom stereocenters. The van der Waals surface area contributed by atoms with Crippen molar-refractivity contribution >= 4 is 11.4 Å². The van der Waals surface area contributed by atoms with Gasteiger partial charge in [0.1, 0.15) is 5.75 Å². The predicted octanol–water partition coefficient (Wildman–Crippen LogP) is 4.50. The molecule has 104 valence electrons. The minimum absolute atomic E-state index is 0.861. The van der Waals surface area contributed by atoms with Crippen LogP contribution in [0.2, 0.25) is 0 Å². The first kappa shape index (κ1) is 13.2. The van der Waals surface area contributed by atoms with Gasteiger partial charge in [-0.3, -0.25) is 4.98 Å². The fourth-order valence-corrected chi connectivity index (χ4v) is 2.18. The molecule has 1 N–H and O–H groups in total. The van der Waals surface area contributed by atoms with Crippen molar-refractivity contribution in [3.8, 4) is 16.9 Å². The summed E-state index contributed by atoms with van der Waals surface area (Å²) in [7, 11) is 1.68. The normalized spacial score (nSPS) is 10.1. The Hall–Kier alpha value is -2.81. The number of methoxy groups -OCH3 is 1. The maximum Gasteiger partial charge on any atom is 0.119 e. The number of hydrogen-bond acceptors (Lipinski definition) is 3. The average molecular weight is 276 g/mol. The van der Waals surface area contributed by atoms with E-state index in [1.54, 1.807) is 19.5 Å². The minimum Gasteiger partial charge on any atom is -0.497 e. The highest BCUT2D eigenvalue weighted by atomic mass is 16.5. The lowest BCUT2D eigenvalue weighted by molar-refractivity contribution is 0.415. The van der Waals surface area contributed by atoms with Crippen molar-refractivity contribution in [2.45, 2.75) is 0 Å². The summed E-state index contributed by atoms with van der Waals surface area (Å²) in [5.74, 6) is 0.861. The summed E-state index contributed by atoms with van der Waals surface area (Å²) in [5.41, 5.74) is 4.34. The van der Waals surface area contributed by atoms with E-state index >= 15 is 0 Å². The van der Waals surface area contributed by atoms with Crippen molar-refractivity contribution in [3.63, 3.8) is 0 Å². The van der Waals surface area contributed by atoms with Gasteiger partial charge in [-0.2, -0.15) is 0 Å². The molecule has 3 heteroatoms. The van der Waals surface area contributed by atoms with Crippen LogP contribution in [0.5, 0.6) is 5.75 Å². The zero-order valence-electron chi connectivity index (χ0n) is 11.8. The SMILES string of the molecule is COc1cccc(-c2cccc(Nc3ccncc3)c2)c1. The summed E-state index contributed by atoms with van der Waals surface area (Å²) >= 11 is 0. The molecular weight excluding hydrogens is 260 g/mol. The first-order chi connectivity index (χ1) is 10.3. The summed E-state index contributed by atoms with van der Waals surface area (Å²) in [5, 5.41) is 3.37. The summed E-state index contributed by atoms with van der Waals surface area (Å²) < 4.78 is 5.28. The van der Waals surface area contributed by atoms with E-state index in [1.165, 1.54) is 0 Å². The predicted molar refractivity (Wildman–Crippen MR) is 85.9 cm³/mol. The zero-order valence-corrected chi connectivity index (χ0v) is 11.8. The Kier molecular flexibility index (Phi) is 3.83. The molecule has 0 spiro atoms. The van der Waals surface area contributed by atoms with E-state index in [9.17, 15) is 0 Å². The number of rotatable bonds is 4. The van der Waals surface area contributed by atoms with Crippen LogP contribution in [0.25, 0.3) is 11.1 Å². The smallest absolute Gasteiger partial charge is 0.119 e. The number of anilines is 2. The number of benzene rings is 2. The fourth-order valence-electron chi connectivity index (χ4n) is 2.18. The summed E-state index contributed by atoms with van der Waals surface area (Å²) in [4.78, 5) is 4.02. The van der Waals surface area contributed by atoms with Crippen LogP contribution in [-0.2, 0) is 0 Å². The lowest BCUT2D eigenvalue weighted by atomic mass is 10.0. The van der Waals surface area contributed by atoms with Gasteiger partial charge < -0.3 is 10.1 Å². The summed E-state index contributed by atoms with van der Waals surface area (Å²) in [6.07, 6.45) is 3.54. The Morgan fingerprint density at radius 2 is 1.52 bits per heavy atom. The summed E-state index contributed by atoms with van der Waals surface area (Å²) in [6.45, 7) is 0. The Morgan fingerprint density at radius 1 is 0.810 bits per heavy atom. The number of aromatic nitrogens is 1. The number of hydrogen-bond donors (Lipinski definition) is 1. The van der Waals surface area contributed by atoms with Crippen molar-refractivity contribution in [2.24, 2.45) is 0 Å². The third kappa shape index (κ3) is 3.20. The number of nitrogens with one attached hydrogen (secondary N) is 1. The van der Waals surface area contributed by atoms with Gasteiger partial charge in [0.2, 0.25) is 0 Å². The molecule has 0 bridgehead atoms. The van der Waals surface area contributed by atoms with Crippen molar-refractivity contribution in [3.05, 3.63) is 73.1 Å². The molecular formula is C18H16N2O. The number of nitrogens with zero attached hydrogens (tertiary/aromatic N) is 1. The molecule has 0 aliphatic rings. The quantitative estimate of drug-likeness (QED) is 0.761. The second-order valence-corrected chi connectivity index (χ2v) is 4.67. The van der Waals surface area contributed by atoms with Gasteiger partial charge in [0, 0.05) is 23.8 Å². The number of pyridine rings is 1. The molecule has 1 aromatic heterocycles.